The summed E-state index contributed by atoms with van der Waals surface area (Å²) in [4.78, 5) is 4.07. The van der Waals surface area contributed by atoms with E-state index in [2.05, 4.69) is 15.0 Å². The topological polar surface area (TPSA) is 74.3 Å². The zero-order valence-corrected chi connectivity index (χ0v) is 14.3. The standard InChI is InChI=1S/C18H18N4O2S/c23-25(24,21-17-8-4-7-15-11-19-10-9-16(15)17)22-12-18(20-13-22)14-5-2-1-3-6-14/h1-11,18,20-21H,12-13H2/t18-/m1/s1. The van der Waals surface area contributed by atoms with E-state index in [0.717, 1.165) is 16.3 Å². The van der Waals surface area contributed by atoms with Gasteiger partial charge in [-0.25, -0.2) is 0 Å². The number of anilines is 1. The maximum atomic E-state index is 12.8. The lowest BCUT2D eigenvalue weighted by Gasteiger charge is -2.18. The minimum Gasteiger partial charge on any atom is -0.295 e. The van der Waals surface area contributed by atoms with Gasteiger partial charge in [0.05, 0.1) is 12.4 Å². The largest absolute Gasteiger partial charge is 0.302 e. The fourth-order valence-corrected chi connectivity index (χ4v) is 4.23. The van der Waals surface area contributed by atoms with Gasteiger partial charge in [0, 0.05) is 35.8 Å². The predicted molar refractivity (Wildman–Crippen MR) is 98.2 cm³/mol. The molecule has 1 aliphatic rings. The van der Waals surface area contributed by atoms with Crippen molar-refractivity contribution in [1.82, 2.24) is 14.6 Å². The number of rotatable bonds is 4. The van der Waals surface area contributed by atoms with Crippen LogP contribution in [0.15, 0.2) is 67.0 Å². The summed E-state index contributed by atoms with van der Waals surface area (Å²) in [6, 6.07) is 17.1. The van der Waals surface area contributed by atoms with E-state index in [1.54, 1.807) is 18.5 Å². The molecule has 1 aromatic heterocycles. The summed E-state index contributed by atoms with van der Waals surface area (Å²) in [5, 5.41) is 4.97. The summed E-state index contributed by atoms with van der Waals surface area (Å²) < 4.78 is 29.7. The summed E-state index contributed by atoms with van der Waals surface area (Å²) >= 11 is 0. The van der Waals surface area contributed by atoms with Gasteiger partial charge in [-0.3, -0.25) is 15.0 Å². The minimum atomic E-state index is -3.65. The molecular formula is C18H18N4O2S. The quantitative estimate of drug-likeness (QED) is 0.755. The Morgan fingerprint density at radius 1 is 1.08 bits per heavy atom. The van der Waals surface area contributed by atoms with E-state index in [0.29, 0.717) is 12.2 Å². The normalized spacial score (nSPS) is 18.5. The van der Waals surface area contributed by atoms with Crippen LogP contribution < -0.4 is 10.0 Å². The first-order chi connectivity index (χ1) is 12.1. The van der Waals surface area contributed by atoms with E-state index in [9.17, 15) is 8.42 Å². The van der Waals surface area contributed by atoms with Crippen LogP contribution in [0.25, 0.3) is 10.8 Å². The highest BCUT2D eigenvalue weighted by Crippen LogP contribution is 2.26. The number of pyridine rings is 1. The molecule has 2 heterocycles. The number of aromatic nitrogens is 1. The summed E-state index contributed by atoms with van der Waals surface area (Å²) in [5.74, 6) is 0. The van der Waals surface area contributed by atoms with Crippen molar-refractivity contribution in [1.29, 1.82) is 0 Å². The average Bonchev–Trinajstić information content (AvgIpc) is 3.14. The lowest BCUT2D eigenvalue weighted by molar-refractivity contribution is 0.475. The van der Waals surface area contributed by atoms with Crippen molar-refractivity contribution in [3.05, 3.63) is 72.6 Å². The Kier molecular flexibility index (Phi) is 4.12. The van der Waals surface area contributed by atoms with E-state index in [1.807, 2.05) is 48.5 Å². The van der Waals surface area contributed by atoms with Gasteiger partial charge in [-0.1, -0.05) is 42.5 Å². The van der Waals surface area contributed by atoms with Gasteiger partial charge >= 0.3 is 10.2 Å². The van der Waals surface area contributed by atoms with Crippen molar-refractivity contribution in [2.75, 3.05) is 17.9 Å². The molecule has 3 aromatic rings. The van der Waals surface area contributed by atoms with Gasteiger partial charge in [0.1, 0.15) is 0 Å². The molecule has 4 rings (SSSR count). The predicted octanol–water partition coefficient (Wildman–Crippen LogP) is 2.50. The van der Waals surface area contributed by atoms with Gasteiger partial charge in [0.2, 0.25) is 0 Å². The van der Waals surface area contributed by atoms with E-state index < -0.39 is 10.2 Å². The maximum Gasteiger partial charge on any atom is 0.302 e. The Hall–Kier alpha value is -2.48. The van der Waals surface area contributed by atoms with Crippen LogP contribution in [-0.4, -0.2) is 30.9 Å². The van der Waals surface area contributed by atoms with Crippen LogP contribution in [0.3, 0.4) is 0 Å². The van der Waals surface area contributed by atoms with Crippen molar-refractivity contribution < 1.29 is 8.42 Å². The molecule has 2 aromatic carbocycles. The third-order valence-corrected chi connectivity index (χ3v) is 5.80. The van der Waals surface area contributed by atoms with Crippen LogP contribution >= 0.6 is 0 Å². The Balaban J connectivity index is 1.56. The molecule has 2 N–H and O–H groups in total. The summed E-state index contributed by atoms with van der Waals surface area (Å²) in [7, 11) is -3.65. The molecule has 6 nitrogen and oxygen atoms in total. The second kappa shape index (κ2) is 6.44. The summed E-state index contributed by atoms with van der Waals surface area (Å²) in [5.41, 5.74) is 1.64. The van der Waals surface area contributed by atoms with Gasteiger partial charge < -0.3 is 0 Å². The molecule has 25 heavy (non-hydrogen) atoms. The van der Waals surface area contributed by atoms with Crippen LogP contribution in [0.1, 0.15) is 11.6 Å². The van der Waals surface area contributed by atoms with Gasteiger partial charge in [0.25, 0.3) is 0 Å². The number of nitrogens with one attached hydrogen (secondary N) is 2. The molecular weight excluding hydrogens is 336 g/mol. The lowest BCUT2D eigenvalue weighted by Crippen LogP contribution is -2.34. The van der Waals surface area contributed by atoms with Crippen LogP contribution in [0.5, 0.6) is 0 Å². The van der Waals surface area contributed by atoms with E-state index in [4.69, 9.17) is 0 Å². The molecule has 0 unspecified atom stereocenters. The first-order valence-electron chi connectivity index (χ1n) is 8.02. The van der Waals surface area contributed by atoms with Gasteiger partial charge in [-0.05, 0) is 17.7 Å². The Bertz CT molecular complexity index is 987. The van der Waals surface area contributed by atoms with Crippen molar-refractivity contribution >= 4 is 26.7 Å². The maximum absolute atomic E-state index is 12.8. The molecule has 0 aliphatic carbocycles. The SMILES string of the molecule is O=S(=O)(Nc1cccc2cnccc12)N1CN[C@@H](c2ccccc2)C1. The van der Waals surface area contributed by atoms with Crippen molar-refractivity contribution in [2.45, 2.75) is 6.04 Å². The molecule has 1 fully saturated rings. The highest BCUT2D eigenvalue weighted by atomic mass is 32.2. The highest BCUT2D eigenvalue weighted by Gasteiger charge is 2.31. The third-order valence-electron chi connectivity index (χ3n) is 4.36. The van der Waals surface area contributed by atoms with E-state index >= 15 is 0 Å². The molecule has 1 aliphatic heterocycles. The average molecular weight is 354 g/mol. The number of nitrogens with zero attached hydrogens (tertiary/aromatic N) is 2. The molecule has 0 amide bonds. The van der Waals surface area contributed by atoms with Crippen LogP contribution in [0.4, 0.5) is 5.69 Å². The van der Waals surface area contributed by atoms with Crippen LogP contribution in [-0.2, 0) is 10.2 Å². The molecule has 1 saturated heterocycles. The van der Waals surface area contributed by atoms with Crippen molar-refractivity contribution in [2.24, 2.45) is 0 Å². The molecule has 0 radical (unpaired) electrons. The second-order valence-corrected chi connectivity index (χ2v) is 7.64. The molecule has 0 saturated carbocycles. The number of fused-ring (bicyclic) bond motifs is 1. The van der Waals surface area contributed by atoms with Gasteiger partial charge in [0.15, 0.2) is 0 Å². The third kappa shape index (κ3) is 3.21. The fourth-order valence-electron chi connectivity index (χ4n) is 3.05. The number of benzene rings is 2. The number of hydrogen-bond donors (Lipinski definition) is 2. The Labute approximate surface area is 146 Å². The molecule has 128 valence electrons. The Morgan fingerprint density at radius 3 is 2.76 bits per heavy atom. The van der Waals surface area contributed by atoms with Crippen molar-refractivity contribution in [3.63, 3.8) is 0 Å². The van der Waals surface area contributed by atoms with Crippen LogP contribution in [0.2, 0.25) is 0 Å². The van der Waals surface area contributed by atoms with E-state index in [-0.39, 0.29) is 12.7 Å². The molecule has 0 bridgehead atoms. The van der Waals surface area contributed by atoms with Gasteiger partial charge in [-0.2, -0.15) is 12.7 Å². The minimum absolute atomic E-state index is 0.00510. The van der Waals surface area contributed by atoms with E-state index in [1.165, 1.54) is 4.31 Å². The fraction of sp³-hybridized carbons (Fsp3) is 0.167. The van der Waals surface area contributed by atoms with Crippen molar-refractivity contribution in [3.8, 4) is 0 Å². The summed E-state index contributed by atoms with van der Waals surface area (Å²) in [6.45, 7) is 0.673. The first-order valence-corrected chi connectivity index (χ1v) is 9.46. The number of hydrogen-bond acceptors (Lipinski definition) is 4. The highest BCUT2D eigenvalue weighted by molar-refractivity contribution is 7.90. The molecule has 1 atom stereocenters. The monoisotopic (exact) mass is 354 g/mol. The zero-order valence-electron chi connectivity index (χ0n) is 13.5. The van der Waals surface area contributed by atoms with Crippen LogP contribution in [0, 0.1) is 0 Å². The smallest absolute Gasteiger partial charge is 0.295 e. The zero-order chi connectivity index (χ0) is 17.3. The second-order valence-electron chi connectivity index (χ2n) is 5.97. The first kappa shape index (κ1) is 16.0. The summed E-state index contributed by atoms with van der Waals surface area (Å²) in [6.07, 6.45) is 3.37. The Morgan fingerprint density at radius 2 is 1.92 bits per heavy atom. The molecule has 7 heteroatoms. The molecule has 0 spiro atoms. The van der Waals surface area contributed by atoms with Gasteiger partial charge in [-0.15, -0.1) is 0 Å². The lowest BCUT2D eigenvalue weighted by atomic mass is 10.1.